The summed E-state index contributed by atoms with van der Waals surface area (Å²) < 4.78 is 40.1. The van der Waals surface area contributed by atoms with Crippen molar-refractivity contribution in [2.75, 3.05) is 13.7 Å². The number of amides is 1. The summed E-state index contributed by atoms with van der Waals surface area (Å²) in [6.07, 6.45) is -4.60. The summed E-state index contributed by atoms with van der Waals surface area (Å²) in [5.41, 5.74) is 0.811. The molecule has 0 aliphatic heterocycles. The van der Waals surface area contributed by atoms with Crippen molar-refractivity contribution < 1.29 is 32.5 Å². The van der Waals surface area contributed by atoms with E-state index in [1.165, 1.54) is 12.6 Å². The second kappa shape index (κ2) is 6.19. The highest BCUT2D eigenvalue weighted by Crippen LogP contribution is 2.27. The van der Waals surface area contributed by atoms with Crippen molar-refractivity contribution in [3.8, 4) is 5.75 Å². The van der Waals surface area contributed by atoms with Crippen molar-refractivity contribution in [1.29, 1.82) is 0 Å². The van der Waals surface area contributed by atoms with Crippen molar-refractivity contribution in [3.05, 3.63) is 33.9 Å². The van der Waals surface area contributed by atoms with Gasteiger partial charge >= 0.3 is 11.9 Å². The van der Waals surface area contributed by atoms with Gasteiger partial charge < -0.3 is 4.74 Å². The van der Waals surface area contributed by atoms with Crippen LogP contribution in [0.4, 0.5) is 18.9 Å². The van der Waals surface area contributed by atoms with Crippen LogP contribution in [0, 0.1) is 10.1 Å². The topological polar surface area (TPSA) is 90.7 Å². The van der Waals surface area contributed by atoms with Gasteiger partial charge in [0.2, 0.25) is 0 Å². The molecule has 1 aromatic rings. The van der Waals surface area contributed by atoms with E-state index in [0.717, 1.165) is 18.2 Å². The molecule has 0 aromatic heterocycles. The first-order valence-corrected chi connectivity index (χ1v) is 5.06. The van der Waals surface area contributed by atoms with Crippen LogP contribution in [0.3, 0.4) is 0 Å². The molecule has 10 heteroatoms. The minimum absolute atomic E-state index is 0.0808. The molecule has 20 heavy (non-hydrogen) atoms. The van der Waals surface area contributed by atoms with E-state index in [0.29, 0.717) is 0 Å². The van der Waals surface area contributed by atoms with Gasteiger partial charge in [-0.25, -0.2) is 5.48 Å². The monoisotopic (exact) mass is 294 g/mol. The number of hydrogen-bond acceptors (Lipinski definition) is 5. The van der Waals surface area contributed by atoms with Gasteiger partial charge in [0.15, 0.2) is 12.4 Å². The highest BCUT2D eigenvalue weighted by Gasteiger charge is 2.28. The summed E-state index contributed by atoms with van der Waals surface area (Å²) in [5, 5.41) is 10.7. The zero-order valence-electron chi connectivity index (χ0n) is 10.1. The van der Waals surface area contributed by atoms with Gasteiger partial charge in [0.1, 0.15) is 0 Å². The average molecular weight is 294 g/mol. The number of benzene rings is 1. The van der Waals surface area contributed by atoms with E-state index in [2.05, 4.69) is 4.84 Å². The molecular formula is C10H9F3N2O5. The Morgan fingerprint density at radius 2 is 2.10 bits per heavy atom. The molecule has 0 saturated carbocycles. The van der Waals surface area contributed by atoms with Gasteiger partial charge in [-0.1, -0.05) is 0 Å². The van der Waals surface area contributed by atoms with Gasteiger partial charge in [-0.15, -0.1) is 0 Å². The van der Waals surface area contributed by atoms with Gasteiger partial charge in [0.25, 0.3) is 5.91 Å². The minimum Gasteiger partial charge on any atom is -0.490 e. The van der Waals surface area contributed by atoms with Crippen LogP contribution in [0.5, 0.6) is 5.75 Å². The molecule has 0 atom stereocenters. The maximum atomic E-state index is 11.8. The summed E-state index contributed by atoms with van der Waals surface area (Å²) in [5.74, 6) is -1.12. The highest BCUT2D eigenvalue weighted by molar-refractivity contribution is 5.94. The normalized spacial score (nSPS) is 11.0. The summed E-state index contributed by atoms with van der Waals surface area (Å²) >= 11 is 0. The standard InChI is InChI=1S/C10H9F3N2O5/c1-19-8-3-2-6(4-7(8)15(17)18)9(16)14-20-5-10(11,12)13/h2-4H,5H2,1H3,(H,14,16). The zero-order valence-corrected chi connectivity index (χ0v) is 10.1. The molecule has 0 saturated heterocycles. The Morgan fingerprint density at radius 3 is 2.60 bits per heavy atom. The molecule has 0 aliphatic carbocycles. The first-order chi connectivity index (χ1) is 9.24. The van der Waals surface area contributed by atoms with Crippen molar-refractivity contribution in [3.63, 3.8) is 0 Å². The van der Waals surface area contributed by atoms with Crippen molar-refractivity contribution in [1.82, 2.24) is 5.48 Å². The van der Waals surface area contributed by atoms with E-state index in [1.54, 1.807) is 0 Å². The van der Waals surface area contributed by atoms with Crippen LogP contribution in [0.1, 0.15) is 10.4 Å². The zero-order chi connectivity index (χ0) is 15.3. The average Bonchev–Trinajstić information content (AvgIpc) is 2.36. The van der Waals surface area contributed by atoms with Gasteiger partial charge in [0, 0.05) is 11.6 Å². The van der Waals surface area contributed by atoms with Crippen molar-refractivity contribution in [2.24, 2.45) is 0 Å². The predicted molar refractivity (Wildman–Crippen MR) is 59.1 cm³/mol. The number of carbonyl (C=O) groups is 1. The summed E-state index contributed by atoms with van der Waals surface area (Å²) in [7, 11) is 1.20. The Labute approximate surface area is 110 Å². The SMILES string of the molecule is COc1ccc(C(=O)NOCC(F)(F)F)cc1[N+](=O)[O-]. The first kappa shape index (κ1) is 15.7. The molecule has 0 bridgehead atoms. The quantitative estimate of drug-likeness (QED) is 0.660. The Bertz CT molecular complexity index is 518. The minimum atomic E-state index is -4.60. The Morgan fingerprint density at radius 1 is 1.45 bits per heavy atom. The number of nitrogens with one attached hydrogen (secondary N) is 1. The number of nitro groups is 1. The van der Waals surface area contributed by atoms with Crippen LogP contribution in [0.2, 0.25) is 0 Å². The van der Waals surface area contributed by atoms with E-state index in [1.807, 2.05) is 0 Å². The maximum Gasteiger partial charge on any atom is 0.414 e. The van der Waals surface area contributed by atoms with E-state index < -0.39 is 29.3 Å². The number of ether oxygens (including phenoxy) is 1. The number of rotatable bonds is 5. The Hall–Kier alpha value is -2.36. The van der Waals surface area contributed by atoms with Gasteiger partial charge in [0.05, 0.1) is 12.0 Å². The lowest BCUT2D eigenvalue weighted by Gasteiger charge is -2.08. The van der Waals surface area contributed by atoms with Crippen LogP contribution in [0.15, 0.2) is 18.2 Å². The molecule has 1 N–H and O–H groups in total. The molecule has 0 fully saturated rings. The summed E-state index contributed by atoms with van der Waals surface area (Å²) in [6.45, 7) is -1.67. The van der Waals surface area contributed by atoms with Crippen molar-refractivity contribution >= 4 is 11.6 Å². The van der Waals surface area contributed by atoms with E-state index in [-0.39, 0.29) is 11.3 Å². The molecule has 0 unspecified atom stereocenters. The lowest BCUT2D eigenvalue weighted by Crippen LogP contribution is -2.29. The van der Waals surface area contributed by atoms with Crippen LogP contribution >= 0.6 is 0 Å². The Balaban J connectivity index is 2.79. The first-order valence-electron chi connectivity index (χ1n) is 5.06. The number of hydrogen-bond donors (Lipinski definition) is 1. The van der Waals surface area contributed by atoms with Crippen LogP contribution in [-0.4, -0.2) is 30.7 Å². The number of nitrogens with zero attached hydrogens (tertiary/aromatic N) is 1. The summed E-state index contributed by atoms with van der Waals surface area (Å²) in [6, 6.07) is 3.17. The predicted octanol–water partition coefficient (Wildman–Crippen LogP) is 1.83. The molecule has 7 nitrogen and oxygen atoms in total. The van der Waals surface area contributed by atoms with Gasteiger partial charge in [-0.3, -0.25) is 19.7 Å². The third-order valence-electron chi connectivity index (χ3n) is 2.04. The number of carbonyl (C=O) groups excluding carboxylic acids is 1. The molecule has 1 amide bonds. The third kappa shape index (κ3) is 4.39. The number of nitro benzene ring substituents is 1. The highest BCUT2D eigenvalue weighted by atomic mass is 19.4. The number of alkyl halides is 3. The number of halogens is 3. The van der Waals surface area contributed by atoms with E-state index in [4.69, 9.17) is 4.74 Å². The lowest BCUT2D eigenvalue weighted by molar-refractivity contribution is -0.385. The Kier molecular flexibility index (Phi) is 4.86. The van der Waals surface area contributed by atoms with Gasteiger partial charge in [-0.2, -0.15) is 13.2 Å². The molecule has 1 aromatic carbocycles. The van der Waals surface area contributed by atoms with Crippen LogP contribution < -0.4 is 10.2 Å². The van der Waals surface area contributed by atoms with E-state index >= 15 is 0 Å². The smallest absolute Gasteiger partial charge is 0.414 e. The molecular weight excluding hydrogens is 285 g/mol. The summed E-state index contributed by atoms with van der Waals surface area (Å²) in [4.78, 5) is 25.3. The fraction of sp³-hybridized carbons (Fsp3) is 0.300. The lowest BCUT2D eigenvalue weighted by atomic mass is 10.2. The second-order valence-electron chi connectivity index (χ2n) is 3.48. The molecule has 0 spiro atoms. The fourth-order valence-corrected chi connectivity index (χ4v) is 1.22. The number of methoxy groups -OCH3 is 1. The molecule has 1 rings (SSSR count). The maximum absolute atomic E-state index is 11.8. The largest absolute Gasteiger partial charge is 0.490 e. The second-order valence-corrected chi connectivity index (χ2v) is 3.48. The third-order valence-corrected chi connectivity index (χ3v) is 2.04. The van der Waals surface area contributed by atoms with E-state index in [9.17, 15) is 28.1 Å². The van der Waals surface area contributed by atoms with Crippen molar-refractivity contribution in [2.45, 2.75) is 6.18 Å². The molecule has 110 valence electrons. The molecule has 0 heterocycles. The van der Waals surface area contributed by atoms with Crippen LogP contribution in [-0.2, 0) is 4.84 Å². The van der Waals surface area contributed by atoms with Gasteiger partial charge in [-0.05, 0) is 12.1 Å². The number of hydroxylamine groups is 1. The van der Waals surface area contributed by atoms with Crippen LogP contribution in [0.25, 0.3) is 0 Å². The molecule has 0 radical (unpaired) electrons. The fourth-order valence-electron chi connectivity index (χ4n) is 1.22. The molecule has 0 aliphatic rings.